The zero-order valence-corrected chi connectivity index (χ0v) is 19.2. The SMILES string of the molecule is CCc1ccc(N(CC(=O)Nc2ccc(S(=O)(=O)N3CCCC3)cc2)S(C)(=O)=O)cc1. The molecule has 2 aromatic rings. The molecule has 0 atom stereocenters. The van der Waals surface area contributed by atoms with Gasteiger partial charge in [0.2, 0.25) is 26.0 Å². The van der Waals surface area contributed by atoms with Crippen molar-refractivity contribution in [1.82, 2.24) is 4.31 Å². The van der Waals surface area contributed by atoms with E-state index in [0.717, 1.165) is 35.4 Å². The number of aryl methyl sites for hydroxylation is 1. The fraction of sp³-hybridized carbons (Fsp3) is 0.381. The summed E-state index contributed by atoms with van der Waals surface area (Å²) in [4.78, 5) is 12.7. The van der Waals surface area contributed by atoms with E-state index in [0.29, 0.717) is 24.5 Å². The molecule has 0 aromatic heterocycles. The van der Waals surface area contributed by atoms with Gasteiger partial charge in [0.05, 0.1) is 16.8 Å². The third kappa shape index (κ3) is 5.63. The normalized spacial score (nSPS) is 15.0. The molecule has 1 heterocycles. The van der Waals surface area contributed by atoms with Crippen molar-refractivity contribution in [1.29, 1.82) is 0 Å². The number of anilines is 2. The van der Waals surface area contributed by atoms with Crippen LogP contribution in [0.4, 0.5) is 11.4 Å². The first-order valence-electron chi connectivity index (χ1n) is 10.1. The first-order valence-corrected chi connectivity index (χ1v) is 13.4. The van der Waals surface area contributed by atoms with Gasteiger partial charge in [-0.25, -0.2) is 16.8 Å². The highest BCUT2D eigenvalue weighted by Crippen LogP contribution is 2.23. The van der Waals surface area contributed by atoms with Crippen molar-refractivity contribution in [3.8, 4) is 0 Å². The van der Waals surface area contributed by atoms with Crippen LogP contribution in [0, 0.1) is 0 Å². The predicted molar refractivity (Wildman–Crippen MR) is 121 cm³/mol. The summed E-state index contributed by atoms with van der Waals surface area (Å²) in [6.07, 6.45) is 3.58. The molecule has 1 aliphatic rings. The summed E-state index contributed by atoms with van der Waals surface area (Å²) in [7, 11) is -7.20. The van der Waals surface area contributed by atoms with Crippen molar-refractivity contribution >= 4 is 37.3 Å². The second kappa shape index (κ2) is 9.37. The Balaban J connectivity index is 1.70. The van der Waals surface area contributed by atoms with Gasteiger partial charge in [-0.15, -0.1) is 0 Å². The predicted octanol–water partition coefficient (Wildman–Crippen LogP) is 2.44. The second-order valence-corrected chi connectivity index (χ2v) is 11.3. The Kier molecular flexibility index (Phi) is 7.03. The lowest BCUT2D eigenvalue weighted by Crippen LogP contribution is -2.37. The summed E-state index contributed by atoms with van der Waals surface area (Å²) < 4.78 is 52.1. The lowest BCUT2D eigenvalue weighted by Gasteiger charge is -2.22. The Hall–Kier alpha value is -2.43. The molecule has 10 heteroatoms. The van der Waals surface area contributed by atoms with Crippen molar-refractivity contribution in [3.63, 3.8) is 0 Å². The standard InChI is InChI=1S/C21H27N3O5S2/c1-3-17-6-10-19(11-7-17)24(30(2,26)27)16-21(25)22-18-8-12-20(13-9-18)31(28,29)23-14-4-5-15-23/h6-13H,3-5,14-16H2,1-2H3,(H,22,25). The highest BCUT2D eigenvalue weighted by Gasteiger charge is 2.27. The zero-order valence-electron chi connectivity index (χ0n) is 17.6. The summed E-state index contributed by atoms with van der Waals surface area (Å²) in [6.45, 7) is 2.64. The van der Waals surface area contributed by atoms with E-state index in [1.165, 1.54) is 28.6 Å². The molecule has 0 radical (unpaired) electrons. The monoisotopic (exact) mass is 465 g/mol. The van der Waals surface area contributed by atoms with Gasteiger partial charge in [-0.1, -0.05) is 19.1 Å². The first kappa shape index (κ1) is 23.2. The molecule has 3 rings (SSSR count). The van der Waals surface area contributed by atoms with E-state index in [9.17, 15) is 21.6 Å². The molecule has 0 spiro atoms. The third-order valence-electron chi connectivity index (χ3n) is 5.16. The topological polar surface area (TPSA) is 104 Å². The van der Waals surface area contributed by atoms with Gasteiger partial charge in [0.15, 0.2) is 0 Å². The van der Waals surface area contributed by atoms with Crippen LogP contribution in [-0.2, 0) is 31.3 Å². The molecule has 0 saturated carbocycles. The van der Waals surface area contributed by atoms with Crippen LogP contribution in [0.5, 0.6) is 0 Å². The van der Waals surface area contributed by atoms with Crippen LogP contribution in [0.25, 0.3) is 0 Å². The average Bonchev–Trinajstić information content (AvgIpc) is 3.28. The van der Waals surface area contributed by atoms with E-state index in [2.05, 4.69) is 5.32 Å². The van der Waals surface area contributed by atoms with Crippen molar-refractivity contribution in [2.24, 2.45) is 0 Å². The molecule has 1 N–H and O–H groups in total. The number of nitrogens with one attached hydrogen (secondary N) is 1. The molecular weight excluding hydrogens is 438 g/mol. The number of benzene rings is 2. The van der Waals surface area contributed by atoms with E-state index in [1.54, 1.807) is 12.1 Å². The van der Waals surface area contributed by atoms with E-state index >= 15 is 0 Å². The minimum atomic E-state index is -3.67. The van der Waals surface area contributed by atoms with Gasteiger partial charge in [-0.3, -0.25) is 9.10 Å². The van der Waals surface area contributed by atoms with Gasteiger partial charge in [0.1, 0.15) is 6.54 Å². The number of nitrogens with zero attached hydrogens (tertiary/aromatic N) is 2. The summed E-state index contributed by atoms with van der Waals surface area (Å²) >= 11 is 0. The smallest absolute Gasteiger partial charge is 0.245 e. The van der Waals surface area contributed by atoms with Crippen LogP contribution in [0.2, 0.25) is 0 Å². The minimum Gasteiger partial charge on any atom is -0.325 e. The van der Waals surface area contributed by atoms with Crippen molar-refractivity contribution in [2.75, 3.05) is 35.5 Å². The molecule has 1 amide bonds. The molecule has 1 fully saturated rings. The zero-order chi connectivity index (χ0) is 22.6. The highest BCUT2D eigenvalue weighted by atomic mass is 32.2. The molecular formula is C21H27N3O5S2. The lowest BCUT2D eigenvalue weighted by atomic mass is 10.1. The third-order valence-corrected chi connectivity index (χ3v) is 8.21. The van der Waals surface area contributed by atoms with Gasteiger partial charge < -0.3 is 5.32 Å². The number of hydrogen-bond acceptors (Lipinski definition) is 5. The lowest BCUT2D eigenvalue weighted by molar-refractivity contribution is -0.114. The molecule has 0 aliphatic carbocycles. The Bertz CT molecular complexity index is 1120. The summed E-state index contributed by atoms with van der Waals surface area (Å²) in [5, 5.41) is 2.63. The summed E-state index contributed by atoms with van der Waals surface area (Å²) in [5.74, 6) is -0.528. The number of rotatable bonds is 8. The van der Waals surface area contributed by atoms with Crippen LogP contribution in [0.15, 0.2) is 53.4 Å². The molecule has 0 unspecified atom stereocenters. The van der Waals surface area contributed by atoms with Crippen LogP contribution in [0.3, 0.4) is 0 Å². The van der Waals surface area contributed by atoms with Gasteiger partial charge >= 0.3 is 0 Å². The average molecular weight is 466 g/mol. The quantitative estimate of drug-likeness (QED) is 0.645. The molecule has 1 saturated heterocycles. The van der Waals surface area contributed by atoms with Gasteiger partial charge in [0, 0.05) is 18.8 Å². The molecule has 31 heavy (non-hydrogen) atoms. The van der Waals surface area contributed by atoms with Crippen molar-refractivity contribution < 1.29 is 21.6 Å². The Morgan fingerprint density at radius 1 is 0.968 bits per heavy atom. The highest BCUT2D eigenvalue weighted by molar-refractivity contribution is 7.92. The van der Waals surface area contributed by atoms with Crippen molar-refractivity contribution in [2.45, 2.75) is 31.1 Å². The van der Waals surface area contributed by atoms with E-state index in [1.807, 2.05) is 19.1 Å². The number of carbonyl (C=O) groups excluding carboxylic acids is 1. The maximum absolute atomic E-state index is 12.6. The van der Waals surface area contributed by atoms with E-state index in [-0.39, 0.29) is 4.90 Å². The molecule has 1 aliphatic heterocycles. The van der Waals surface area contributed by atoms with E-state index < -0.39 is 32.5 Å². The summed E-state index contributed by atoms with van der Waals surface area (Å²) in [6, 6.07) is 12.9. The van der Waals surface area contributed by atoms with Gasteiger partial charge in [0.25, 0.3) is 0 Å². The van der Waals surface area contributed by atoms with Gasteiger partial charge in [-0.05, 0) is 61.2 Å². The number of hydrogen-bond donors (Lipinski definition) is 1. The maximum Gasteiger partial charge on any atom is 0.245 e. The largest absolute Gasteiger partial charge is 0.325 e. The Labute approximate surface area is 184 Å². The van der Waals surface area contributed by atoms with Crippen LogP contribution in [0.1, 0.15) is 25.3 Å². The first-order chi connectivity index (χ1) is 14.6. The van der Waals surface area contributed by atoms with Crippen LogP contribution >= 0.6 is 0 Å². The van der Waals surface area contributed by atoms with Crippen LogP contribution in [-0.4, -0.2) is 52.9 Å². The molecule has 168 valence electrons. The minimum absolute atomic E-state index is 0.168. The number of carbonyl (C=O) groups is 1. The fourth-order valence-corrected chi connectivity index (χ4v) is 5.79. The van der Waals surface area contributed by atoms with Crippen LogP contribution < -0.4 is 9.62 Å². The number of sulfonamides is 2. The summed E-state index contributed by atoms with van der Waals surface area (Å²) in [5.41, 5.74) is 1.85. The molecule has 2 aromatic carbocycles. The fourth-order valence-electron chi connectivity index (χ4n) is 3.42. The Morgan fingerprint density at radius 3 is 2.06 bits per heavy atom. The number of amides is 1. The Morgan fingerprint density at radius 2 is 1.55 bits per heavy atom. The van der Waals surface area contributed by atoms with Crippen molar-refractivity contribution in [3.05, 3.63) is 54.1 Å². The maximum atomic E-state index is 12.6. The molecule has 8 nitrogen and oxygen atoms in total. The second-order valence-electron chi connectivity index (χ2n) is 7.47. The van der Waals surface area contributed by atoms with E-state index in [4.69, 9.17) is 0 Å². The van der Waals surface area contributed by atoms with Gasteiger partial charge in [-0.2, -0.15) is 4.31 Å². The molecule has 0 bridgehead atoms.